The molecule has 3 nitrogen and oxygen atoms in total. The highest BCUT2D eigenvalue weighted by molar-refractivity contribution is 14.1. The minimum absolute atomic E-state index is 0.0260. The maximum Gasteiger partial charge on any atom is 0.178 e. The summed E-state index contributed by atoms with van der Waals surface area (Å²) >= 11 is 7.41. The Labute approximate surface area is 138 Å². The van der Waals surface area contributed by atoms with Crippen molar-refractivity contribution in [3.8, 4) is 5.75 Å². The summed E-state index contributed by atoms with van der Waals surface area (Å²) in [6.07, 6.45) is 0. The van der Waals surface area contributed by atoms with E-state index in [4.69, 9.17) is 17.0 Å². The number of nitrogens with zero attached hydrogens (tertiary/aromatic N) is 1. The number of hydrogen-bond donors (Lipinski definition) is 1. The molecule has 1 aliphatic rings. The Morgan fingerprint density at radius 2 is 2.14 bits per heavy atom. The molecule has 1 aliphatic heterocycles. The molecule has 0 saturated heterocycles. The van der Waals surface area contributed by atoms with E-state index in [1.54, 1.807) is 6.07 Å². The Bertz CT molecular complexity index is 918. The van der Waals surface area contributed by atoms with E-state index < -0.39 is 0 Å². The lowest BCUT2D eigenvalue weighted by Crippen LogP contribution is -2.12. The minimum Gasteiger partial charge on any atom is -0.491 e. The van der Waals surface area contributed by atoms with Crippen LogP contribution in [0.25, 0.3) is 11.0 Å². The van der Waals surface area contributed by atoms with Gasteiger partial charge in [0.2, 0.25) is 0 Å². The Hall–Kier alpha value is -1.41. The second-order valence-corrected chi connectivity index (χ2v) is 6.50. The number of imidazole rings is 1. The van der Waals surface area contributed by atoms with E-state index >= 15 is 0 Å². The van der Waals surface area contributed by atoms with Crippen molar-refractivity contribution >= 4 is 45.8 Å². The molecule has 0 amide bonds. The zero-order valence-corrected chi connectivity index (χ0v) is 13.7. The number of aromatic nitrogens is 2. The van der Waals surface area contributed by atoms with Crippen LogP contribution in [0.5, 0.6) is 5.75 Å². The number of rotatable bonds is 1. The maximum atomic E-state index is 13.9. The van der Waals surface area contributed by atoms with Crippen molar-refractivity contribution in [2.45, 2.75) is 6.04 Å². The monoisotopic (exact) mass is 412 g/mol. The first-order valence-electron chi connectivity index (χ1n) is 6.46. The topological polar surface area (TPSA) is 29.9 Å². The van der Waals surface area contributed by atoms with Gasteiger partial charge in [0.15, 0.2) is 4.77 Å². The van der Waals surface area contributed by atoms with Crippen molar-refractivity contribution in [1.82, 2.24) is 9.55 Å². The number of H-pyrrole nitrogens is 1. The molecule has 0 spiro atoms. The van der Waals surface area contributed by atoms with Gasteiger partial charge >= 0.3 is 0 Å². The first-order chi connectivity index (χ1) is 10.1. The van der Waals surface area contributed by atoms with Crippen LogP contribution >= 0.6 is 34.8 Å². The lowest BCUT2D eigenvalue weighted by Gasteiger charge is -2.12. The largest absolute Gasteiger partial charge is 0.491 e. The molecule has 3 aromatic rings. The van der Waals surface area contributed by atoms with Crippen LogP contribution in [-0.2, 0) is 0 Å². The van der Waals surface area contributed by atoms with Gasteiger partial charge in [0, 0.05) is 11.6 Å². The summed E-state index contributed by atoms with van der Waals surface area (Å²) in [6.45, 7) is 0.508. The van der Waals surface area contributed by atoms with Gasteiger partial charge in [-0.25, -0.2) is 4.39 Å². The summed E-state index contributed by atoms with van der Waals surface area (Å²) in [7, 11) is 0. The number of benzene rings is 2. The van der Waals surface area contributed by atoms with Crippen molar-refractivity contribution in [2.75, 3.05) is 6.61 Å². The average Bonchev–Trinajstić information content (AvgIpc) is 3.00. The molecule has 1 atom stereocenters. The normalized spacial score (nSPS) is 17.0. The van der Waals surface area contributed by atoms with E-state index in [1.165, 1.54) is 6.07 Å². The molecule has 1 unspecified atom stereocenters. The van der Waals surface area contributed by atoms with Gasteiger partial charge in [-0.15, -0.1) is 0 Å². The predicted octanol–water partition coefficient (Wildman–Crippen LogP) is 4.42. The average molecular weight is 412 g/mol. The van der Waals surface area contributed by atoms with Crippen LogP contribution in [0.4, 0.5) is 4.39 Å². The number of fused-ring (bicyclic) bond motifs is 2. The summed E-state index contributed by atoms with van der Waals surface area (Å²) in [4.78, 5) is 3.15. The molecule has 4 rings (SSSR count). The number of nitrogens with one attached hydrogen (secondary N) is 1. The Morgan fingerprint density at radius 3 is 3.00 bits per heavy atom. The van der Waals surface area contributed by atoms with Gasteiger partial charge in [-0.2, -0.15) is 0 Å². The number of ether oxygens (including phenoxy) is 1. The van der Waals surface area contributed by atoms with E-state index in [0.29, 0.717) is 14.9 Å². The number of para-hydroxylation sites is 1. The second kappa shape index (κ2) is 4.81. The van der Waals surface area contributed by atoms with Gasteiger partial charge in [-0.05, 0) is 46.9 Å². The van der Waals surface area contributed by atoms with Crippen molar-refractivity contribution in [3.63, 3.8) is 0 Å². The highest BCUT2D eigenvalue weighted by atomic mass is 127. The number of aromatic amines is 1. The fraction of sp³-hybridized carbons (Fsp3) is 0.133. The summed E-state index contributed by atoms with van der Waals surface area (Å²) in [5, 5.41) is 0. The summed E-state index contributed by atoms with van der Waals surface area (Å²) < 4.78 is 22.7. The highest BCUT2D eigenvalue weighted by Gasteiger charge is 2.27. The Kier molecular flexibility index (Phi) is 3.04. The summed E-state index contributed by atoms with van der Waals surface area (Å²) in [5.41, 5.74) is 2.69. The van der Waals surface area contributed by atoms with Crippen LogP contribution in [0.2, 0.25) is 0 Å². The first kappa shape index (κ1) is 13.3. The van der Waals surface area contributed by atoms with Gasteiger partial charge in [0.05, 0.1) is 20.6 Å². The van der Waals surface area contributed by atoms with Gasteiger partial charge in [-0.3, -0.25) is 0 Å². The predicted molar refractivity (Wildman–Crippen MR) is 89.9 cm³/mol. The van der Waals surface area contributed by atoms with Crippen molar-refractivity contribution in [1.29, 1.82) is 0 Å². The molecule has 6 heteroatoms. The number of hydrogen-bond acceptors (Lipinski definition) is 2. The fourth-order valence-corrected chi connectivity index (χ4v) is 3.59. The molecule has 2 aromatic carbocycles. The van der Waals surface area contributed by atoms with Gasteiger partial charge in [0.1, 0.15) is 18.2 Å². The van der Waals surface area contributed by atoms with Crippen LogP contribution in [0.1, 0.15) is 11.6 Å². The van der Waals surface area contributed by atoms with Gasteiger partial charge in [0.25, 0.3) is 0 Å². The third-order valence-electron chi connectivity index (χ3n) is 3.74. The molecular formula is C15H10FIN2OS. The van der Waals surface area contributed by atoms with Gasteiger partial charge in [-0.1, -0.05) is 18.2 Å². The van der Waals surface area contributed by atoms with Crippen molar-refractivity contribution in [2.24, 2.45) is 0 Å². The summed E-state index contributed by atoms with van der Waals surface area (Å²) in [6, 6.07) is 11.2. The molecule has 1 N–H and O–H groups in total. The molecule has 0 fully saturated rings. The zero-order chi connectivity index (χ0) is 14.6. The van der Waals surface area contributed by atoms with E-state index in [9.17, 15) is 4.39 Å². The standard InChI is InChI=1S/C15H10FIN2OS/c16-9-5-12-11(6-10(9)17)18-15(21)19(12)13-7-20-14-4-2-1-3-8(13)14/h1-6,13H,7H2,(H,18,21). The minimum atomic E-state index is -0.238. The molecule has 0 saturated carbocycles. The third-order valence-corrected chi connectivity index (χ3v) is 4.87. The lowest BCUT2D eigenvalue weighted by molar-refractivity contribution is 0.318. The van der Waals surface area contributed by atoms with E-state index in [1.807, 2.05) is 51.4 Å². The molecule has 106 valence electrons. The SMILES string of the molecule is Fc1cc2c(cc1I)[nH]c(=S)n2C1COc2ccccc21. The lowest BCUT2D eigenvalue weighted by atomic mass is 10.1. The smallest absolute Gasteiger partial charge is 0.178 e. The Balaban J connectivity index is 1.98. The van der Waals surface area contributed by atoms with E-state index in [2.05, 4.69) is 4.98 Å². The Morgan fingerprint density at radius 1 is 1.33 bits per heavy atom. The van der Waals surface area contributed by atoms with Crippen LogP contribution < -0.4 is 4.74 Å². The molecule has 0 radical (unpaired) electrons. The molecule has 0 aliphatic carbocycles. The highest BCUT2D eigenvalue weighted by Crippen LogP contribution is 2.36. The quantitative estimate of drug-likeness (QED) is 0.474. The van der Waals surface area contributed by atoms with E-state index in [-0.39, 0.29) is 11.9 Å². The molecular weight excluding hydrogens is 402 g/mol. The maximum absolute atomic E-state index is 13.9. The van der Waals surface area contributed by atoms with Crippen LogP contribution in [0, 0.1) is 14.2 Å². The van der Waals surface area contributed by atoms with Crippen LogP contribution in [-0.4, -0.2) is 16.2 Å². The van der Waals surface area contributed by atoms with Crippen LogP contribution in [0.3, 0.4) is 0 Å². The third kappa shape index (κ3) is 2.00. The first-order valence-corrected chi connectivity index (χ1v) is 7.95. The van der Waals surface area contributed by atoms with Crippen molar-refractivity contribution < 1.29 is 9.13 Å². The molecule has 21 heavy (non-hydrogen) atoms. The summed E-state index contributed by atoms with van der Waals surface area (Å²) in [5.74, 6) is 0.628. The van der Waals surface area contributed by atoms with Gasteiger partial charge < -0.3 is 14.3 Å². The molecule has 2 heterocycles. The van der Waals surface area contributed by atoms with E-state index in [0.717, 1.165) is 22.3 Å². The number of halogens is 2. The fourth-order valence-electron chi connectivity index (χ4n) is 2.79. The van der Waals surface area contributed by atoms with Crippen LogP contribution in [0.15, 0.2) is 36.4 Å². The molecule has 0 bridgehead atoms. The second-order valence-electron chi connectivity index (χ2n) is 4.95. The molecule has 1 aromatic heterocycles. The van der Waals surface area contributed by atoms with Crippen molar-refractivity contribution in [3.05, 3.63) is 56.1 Å². The zero-order valence-electron chi connectivity index (χ0n) is 10.8.